The first kappa shape index (κ1) is 14.5. The third kappa shape index (κ3) is 3.15. The quantitative estimate of drug-likeness (QED) is 0.887. The molecule has 0 bridgehead atoms. The van der Waals surface area contributed by atoms with Gasteiger partial charge in [0.25, 0.3) is 0 Å². The van der Waals surface area contributed by atoms with Crippen LogP contribution >= 0.6 is 0 Å². The fourth-order valence-electron chi connectivity index (χ4n) is 3.10. The molecular weight excluding hydrogens is 239 g/mol. The summed E-state index contributed by atoms with van der Waals surface area (Å²) in [5.41, 5.74) is 8.21. The molecule has 0 radical (unpaired) electrons. The molecule has 3 heteroatoms. The summed E-state index contributed by atoms with van der Waals surface area (Å²) in [5.74, 6) is -0.126. The molecule has 1 fully saturated rings. The van der Waals surface area contributed by atoms with Gasteiger partial charge in [-0.2, -0.15) is 0 Å². The SMILES string of the molecule is Cc1ccc(F)c(C2C(N)CCCCN2C(C)C)c1. The first-order valence-corrected chi connectivity index (χ1v) is 7.28. The Bertz CT molecular complexity index is 431. The lowest BCUT2D eigenvalue weighted by atomic mass is 9.94. The van der Waals surface area contributed by atoms with Gasteiger partial charge in [0.2, 0.25) is 0 Å². The Kier molecular flexibility index (Phi) is 4.58. The van der Waals surface area contributed by atoms with E-state index in [4.69, 9.17) is 5.73 Å². The highest BCUT2D eigenvalue weighted by Gasteiger charge is 2.32. The summed E-state index contributed by atoms with van der Waals surface area (Å²) in [6.45, 7) is 7.34. The van der Waals surface area contributed by atoms with E-state index < -0.39 is 0 Å². The number of aryl methyl sites for hydroxylation is 1. The summed E-state index contributed by atoms with van der Waals surface area (Å²) in [5, 5.41) is 0. The molecule has 0 aliphatic carbocycles. The lowest BCUT2D eigenvalue weighted by Gasteiger charge is -2.37. The van der Waals surface area contributed by atoms with Gasteiger partial charge in [0.05, 0.1) is 6.04 Å². The highest BCUT2D eigenvalue weighted by atomic mass is 19.1. The second-order valence-corrected chi connectivity index (χ2v) is 5.96. The largest absolute Gasteiger partial charge is 0.326 e. The molecule has 1 aliphatic rings. The van der Waals surface area contributed by atoms with Crippen LogP contribution in [0.5, 0.6) is 0 Å². The lowest BCUT2D eigenvalue weighted by molar-refractivity contribution is 0.141. The minimum atomic E-state index is -0.126. The van der Waals surface area contributed by atoms with Crippen molar-refractivity contribution in [1.29, 1.82) is 0 Å². The monoisotopic (exact) mass is 264 g/mol. The maximum absolute atomic E-state index is 14.2. The number of nitrogens with two attached hydrogens (primary N) is 1. The zero-order chi connectivity index (χ0) is 14.0. The molecule has 1 saturated heterocycles. The van der Waals surface area contributed by atoms with Gasteiger partial charge >= 0.3 is 0 Å². The molecule has 2 N–H and O–H groups in total. The molecule has 1 aliphatic heterocycles. The van der Waals surface area contributed by atoms with E-state index in [0.29, 0.717) is 6.04 Å². The summed E-state index contributed by atoms with van der Waals surface area (Å²) in [6, 6.07) is 5.75. The van der Waals surface area contributed by atoms with Crippen LogP contribution in [0.25, 0.3) is 0 Å². The standard InChI is InChI=1S/C16H25FN2/c1-11(2)19-9-5-4-6-15(18)16(19)13-10-12(3)7-8-14(13)17/h7-8,10-11,15-16H,4-6,9,18H2,1-3H3. The molecule has 19 heavy (non-hydrogen) atoms. The average Bonchev–Trinajstić information content (AvgIpc) is 2.54. The highest BCUT2D eigenvalue weighted by Crippen LogP contribution is 2.32. The molecule has 2 unspecified atom stereocenters. The van der Waals surface area contributed by atoms with Crippen LogP contribution in [0.4, 0.5) is 4.39 Å². The molecule has 0 saturated carbocycles. The lowest BCUT2D eigenvalue weighted by Crippen LogP contribution is -2.43. The molecule has 106 valence electrons. The van der Waals surface area contributed by atoms with E-state index in [2.05, 4.69) is 18.7 Å². The number of halogens is 1. The Balaban J connectivity index is 2.43. The molecule has 2 atom stereocenters. The Morgan fingerprint density at radius 2 is 2.05 bits per heavy atom. The van der Waals surface area contributed by atoms with E-state index >= 15 is 0 Å². The van der Waals surface area contributed by atoms with Crippen molar-refractivity contribution in [3.8, 4) is 0 Å². The maximum atomic E-state index is 14.2. The van der Waals surface area contributed by atoms with Gasteiger partial charge in [-0.1, -0.05) is 24.1 Å². The van der Waals surface area contributed by atoms with E-state index in [0.717, 1.165) is 36.9 Å². The number of nitrogens with zero attached hydrogens (tertiary/aromatic N) is 1. The van der Waals surface area contributed by atoms with Crippen molar-refractivity contribution in [3.05, 3.63) is 35.1 Å². The summed E-state index contributed by atoms with van der Waals surface area (Å²) in [4.78, 5) is 2.36. The van der Waals surface area contributed by atoms with Gasteiger partial charge in [-0.05, 0) is 46.2 Å². The third-order valence-corrected chi connectivity index (χ3v) is 4.10. The summed E-state index contributed by atoms with van der Waals surface area (Å²) in [7, 11) is 0. The van der Waals surface area contributed by atoms with Gasteiger partial charge in [0.15, 0.2) is 0 Å². The molecular formula is C16H25FN2. The van der Waals surface area contributed by atoms with E-state index in [1.807, 2.05) is 19.1 Å². The van der Waals surface area contributed by atoms with Gasteiger partial charge in [0.1, 0.15) is 5.82 Å². The maximum Gasteiger partial charge on any atom is 0.128 e. The van der Waals surface area contributed by atoms with Gasteiger partial charge in [0, 0.05) is 17.6 Å². The number of hydrogen-bond donors (Lipinski definition) is 1. The van der Waals surface area contributed by atoms with Crippen LogP contribution in [0.3, 0.4) is 0 Å². The topological polar surface area (TPSA) is 29.3 Å². The van der Waals surface area contributed by atoms with Crippen LogP contribution in [0.15, 0.2) is 18.2 Å². The summed E-state index contributed by atoms with van der Waals surface area (Å²) >= 11 is 0. The summed E-state index contributed by atoms with van der Waals surface area (Å²) in [6.07, 6.45) is 3.26. The van der Waals surface area contributed by atoms with E-state index in [1.54, 1.807) is 6.07 Å². The van der Waals surface area contributed by atoms with Crippen LogP contribution in [0, 0.1) is 12.7 Å². The van der Waals surface area contributed by atoms with E-state index in [-0.39, 0.29) is 17.9 Å². The number of likely N-dealkylation sites (tertiary alicyclic amines) is 1. The Hall–Kier alpha value is -0.930. The minimum absolute atomic E-state index is 0.00222. The highest BCUT2D eigenvalue weighted by molar-refractivity contribution is 5.28. The number of benzene rings is 1. The van der Waals surface area contributed by atoms with Crippen molar-refractivity contribution in [1.82, 2.24) is 4.90 Å². The Morgan fingerprint density at radius 1 is 1.32 bits per heavy atom. The van der Waals surface area contributed by atoms with Crippen molar-refractivity contribution < 1.29 is 4.39 Å². The van der Waals surface area contributed by atoms with E-state index in [1.165, 1.54) is 0 Å². The first-order valence-electron chi connectivity index (χ1n) is 7.28. The second kappa shape index (κ2) is 6.02. The molecule has 2 rings (SSSR count). The normalized spacial score (nSPS) is 25.6. The Labute approximate surface area is 115 Å². The van der Waals surface area contributed by atoms with Crippen molar-refractivity contribution in [3.63, 3.8) is 0 Å². The number of hydrogen-bond acceptors (Lipinski definition) is 2. The minimum Gasteiger partial charge on any atom is -0.326 e. The zero-order valence-corrected chi connectivity index (χ0v) is 12.2. The van der Waals surface area contributed by atoms with Gasteiger partial charge in [-0.25, -0.2) is 4.39 Å². The third-order valence-electron chi connectivity index (χ3n) is 4.10. The molecule has 2 nitrogen and oxygen atoms in total. The second-order valence-electron chi connectivity index (χ2n) is 5.96. The van der Waals surface area contributed by atoms with Crippen molar-refractivity contribution in [2.45, 2.75) is 58.2 Å². The van der Waals surface area contributed by atoms with Crippen LogP contribution in [0.2, 0.25) is 0 Å². The molecule has 1 aromatic carbocycles. The van der Waals surface area contributed by atoms with Crippen molar-refractivity contribution in [2.75, 3.05) is 6.54 Å². The van der Waals surface area contributed by atoms with Crippen molar-refractivity contribution >= 4 is 0 Å². The molecule has 0 amide bonds. The first-order chi connectivity index (χ1) is 9.00. The van der Waals surface area contributed by atoms with Crippen LogP contribution in [-0.2, 0) is 0 Å². The smallest absolute Gasteiger partial charge is 0.128 e. The molecule has 1 aromatic rings. The van der Waals surface area contributed by atoms with Gasteiger partial charge in [-0.3, -0.25) is 4.90 Å². The molecule has 0 spiro atoms. The summed E-state index contributed by atoms with van der Waals surface area (Å²) < 4.78 is 14.2. The van der Waals surface area contributed by atoms with Gasteiger partial charge in [-0.15, -0.1) is 0 Å². The van der Waals surface area contributed by atoms with Crippen molar-refractivity contribution in [2.24, 2.45) is 5.73 Å². The predicted molar refractivity (Wildman–Crippen MR) is 77.5 cm³/mol. The van der Waals surface area contributed by atoms with Gasteiger partial charge < -0.3 is 5.73 Å². The number of rotatable bonds is 2. The average molecular weight is 264 g/mol. The fraction of sp³-hybridized carbons (Fsp3) is 0.625. The van der Waals surface area contributed by atoms with E-state index in [9.17, 15) is 4.39 Å². The Morgan fingerprint density at radius 3 is 2.74 bits per heavy atom. The molecule has 0 aromatic heterocycles. The predicted octanol–water partition coefficient (Wildman–Crippen LogP) is 3.40. The van der Waals surface area contributed by atoms with Crippen LogP contribution in [-0.4, -0.2) is 23.5 Å². The molecule has 1 heterocycles. The zero-order valence-electron chi connectivity index (χ0n) is 12.2. The van der Waals surface area contributed by atoms with Crippen LogP contribution < -0.4 is 5.73 Å². The van der Waals surface area contributed by atoms with Crippen LogP contribution in [0.1, 0.15) is 50.3 Å². The fourth-order valence-corrected chi connectivity index (χ4v) is 3.10.